The molecule has 0 saturated heterocycles. The first-order chi connectivity index (χ1) is 12.5. The molecule has 0 fully saturated rings. The molecule has 2 aromatic heterocycles. The summed E-state index contributed by atoms with van der Waals surface area (Å²) in [6.45, 7) is 6.83. The van der Waals surface area contributed by atoms with Gasteiger partial charge in [0.1, 0.15) is 11.6 Å². The smallest absolute Gasteiger partial charge is 0.154 e. The second kappa shape index (κ2) is 7.91. The maximum absolute atomic E-state index is 13.3. The van der Waals surface area contributed by atoms with Crippen LogP contribution in [0.2, 0.25) is 0 Å². The molecule has 0 saturated carbocycles. The van der Waals surface area contributed by atoms with E-state index in [1.165, 1.54) is 12.1 Å². The summed E-state index contributed by atoms with van der Waals surface area (Å²) in [4.78, 5) is 18.6. The van der Waals surface area contributed by atoms with Gasteiger partial charge in [-0.3, -0.25) is 0 Å². The van der Waals surface area contributed by atoms with Crippen LogP contribution in [0.3, 0.4) is 0 Å². The van der Waals surface area contributed by atoms with Gasteiger partial charge >= 0.3 is 0 Å². The van der Waals surface area contributed by atoms with Crippen LogP contribution < -0.4 is 4.90 Å². The van der Waals surface area contributed by atoms with Crippen LogP contribution in [-0.4, -0.2) is 26.0 Å². The zero-order valence-corrected chi connectivity index (χ0v) is 15.1. The second-order valence-corrected chi connectivity index (χ2v) is 6.40. The molecule has 1 N–H and O–H groups in total. The van der Waals surface area contributed by atoms with Crippen molar-refractivity contribution in [3.8, 4) is 0 Å². The van der Waals surface area contributed by atoms with Crippen molar-refractivity contribution in [3.05, 3.63) is 71.4 Å². The zero-order valence-electron chi connectivity index (χ0n) is 15.1. The summed E-state index contributed by atoms with van der Waals surface area (Å²) in [5.41, 5.74) is 2.60. The molecule has 0 unspecified atom stereocenters. The quantitative estimate of drug-likeness (QED) is 0.722. The van der Waals surface area contributed by atoms with E-state index in [9.17, 15) is 4.39 Å². The number of rotatable bonds is 6. The molecular formula is C20H22FN5. The summed E-state index contributed by atoms with van der Waals surface area (Å²) in [5, 5.41) is 0. The molecule has 2 heterocycles. The number of aryl methyl sites for hydroxylation is 1. The summed E-state index contributed by atoms with van der Waals surface area (Å²) in [6, 6.07) is 8.64. The number of imidazole rings is 1. The largest absolute Gasteiger partial charge is 0.351 e. The molecule has 0 radical (unpaired) electrons. The Morgan fingerprint density at radius 2 is 2.04 bits per heavy atom. The van der Waals surface area contributed by atoms with E-state index < -0.39 is 0 Å². The standard InChI is InChI=1S/C20H22FN5/c1-14(2)26(12-18-11-22-13-23-18)20-9-15(3)24-19(25-20)8-7-16-5-4-6-17(21)10-16/h4-11,13-14H,12H2,1-3H3,(H,22,23). The molecule has 26 heavy (non-hydrogen) atoms. The van der Waals surface area contributed by atoms with Gasteiger partial charge < -0.3 is 9.88 Å². The third-order valence-corrected chi connectivity index (χ3v) is 3.94. The summed E-state index contributed by atoms with van der Waals surface area (Å²) in [6.07, 6.45) is 7.17. The summed E-state index contributed by atoms with van der Waals surface area (Å²) >= 11 is 0. The van der Waals surface area contributed by atoms with Gasteiger partial charge in [-0.15, -0.1) is 0 Å². The average molecular weight is 351 g/mol. The van der Waals surface area contributed by atoms with Crippen molar-refractivity contribution in [2.45, 2.75) is 33.4 Å². The Morgan fingerprint density at radius 3 is 2.73 bits per heavy atom. The zero-order chi connectivity index (χ0) is 18.5. The number of aromatic nitrogens is 4. The minimum atomic E-state index is -0.261. The number of anilines is 1. The molecular weight excluding hydrogens is 329 g/mol. The number of benzene rings is 1. The molecule has 6 heteroatoms. The molecule has 0 amide bonds. The molecule has 0 aliphatic carbocycles. The molecule has 3 aromatic rings. The van der Waals surface area contributed by atoms with Gasteiger partial charge in [0.15, 0.2) is 5.82 Å². The van der Waals surface area contributed by atoms with E-state index in [0.29, 0.717) is 12.4 Å². The van der Waals surface area contributed by atoms with E-state index in [1.807, 2.05) is 31.3 Å². The third kappa shape index (κ3) is 4.53. The van der Waals surface area contributed by atoms with Gasteiger partial charge in [-0.05, 0) is 44.5 Å². The molecule has 0 aliphatic rings. The summed E-state index contributed by atoms with van der Waals surface area (Å²) < 4.78 is 13.3. The van der Waals surface area contributed by atoms with E-state index in [-0.39, 0.29) is 11.9 Å². The number of nitrogens with zero attached hydrogens (tertiary/aromatic N) is 4. The van der Waals surface area contributed by atoms with Crippen LogP contribution in [0.5, 0.6) is 0 Å². The van der Waals surface area contributed by atoms with Gasteiger partial charge in [0.2, 0.25) is 0 Å². The predicted molar refractivity (Wildman–Crippen MR) is 102 cm³/mol. The predicted octanol–water partition coefficient (Wildman–Crippen LogP) is 4.23. The van der Waals surface area contributed by atoms with Crippen molar-refractivity contribution in [2.24, 2.45) is 0 Å². The van der Waals surface area contributed by atoms with Gasteiger partial charge in [-0.25, -0.2) is 19.3 Å². The van der Waals surface area contributed by atoms with Crippen molar-refractivity contribution in [1.29, 1.82) is 0 Å². The van der Waals surface area contributed by atoms with Crippen LogP contribution in [0, 0.1) is 12.7 Å². The van der Waals surface area contributed by atoms with Crippen molar-refractivity contribution in [2.75, 3.05) is 4.90 Å². The monoisotopic (exact) mass is 351 g/mol. The van der Waals surface area contributed by atoms with Crippen LogP contribution in [0.15, 0.2) is 42.9 Å². The molecule has 3 rings (SSSR count). The van der Waals surface area contributed by atoms with Gasteiger partial charge in [0.25, 0.3) is 0 Å². The Labute approximate surface area is 152 Å². The molecule has 1 aromatic carbocycles. The van der Waals surface area contributed by atoms with Gasteiger partial charge in [0, 0.05) is 24.0 Å². The lowest BCUT2D eigenvalue weighted by molar-refractivity contribution is 0.627. The highest BCUT2D eigenvalue weighted by molar-refractivity contribution is 5.67. The fourth-order valence-electron chi connectivity index (χ4n) is 2.66. The van der Waals surface area contributed by atoms with E-state index in [1.54, 1.807) is 18.5 Å². The van der Waals surface area contributed by atoms with Crippen LogP contribution in [0.25, 0.3) is 12.2 Å². The van der Waals surface area contributed by atoms with Gasteiger partial charge in [0.05, 0.1) is 18.6 Å². The van der Waals surface area contributed by atoms with Crippen molar-refractivity contribution in [1.82, 2.24) is 19.9 Å². The fraction of sp³-hybridized carbons (Fsp3) is 0.250. The van der Waals surface area contributed by atoms with Crippen molar-refractivity contribution in [3.63, 3.8) is 0 Å². The van der Waals surface area contributed by atoms with Crippen LogP contribution >= 0.6 is 0 Å². The summed E-state index contributed by atoms with van der Waals surface area (Å²) in [7, 11) is 0. The molecule has 0 atom stereocenters. The lowest BCUT2D eigenvalue weighted by Gasteiger charge is -2.27. The lowest BCUT2D eigenvalue weighted by atomic mass is 10.2. The Kier molecular flexibility index (Phi) is 5.41. The van der Waals surface area contributed by atoms with Crippen molar-refractivity contribution < 1.29 is 4.39 Å². The molecule has 0 spiro atoms. The molecule has 0 aliphatic heterocycles. The highest BCUT2D eigenvalue weighted by Crippen LogP contribution is 2.19. The van der Waals surface area contributed by atoms with Crippen LogP contribution in [0.1, 0.15) is 36.6 Å². The second-order valence-electron chi connectivity index (χ2n) is 6.40. The van der Waals surface area contributed by atoms with Gasteiger partial charge in [-0.1, -0.05) is 18.2 Å². The lowest BCUT2D eigenvalue weighted by Crippen LogP contribution is -2.31. The number of hydrogen-bond donors (Lipinski definition) is 1. The Hall–Kier alpha value is -3.02. The van der Waals surface area contributed by atoms with Crippen molar-refractivity contribution >= 4 is 18.0 Å². The highest BCUT2D eigenvalue weighted by atomic mass is 19.1. The number of nitrogens with one attached hydrogen (secondary N) is 1. The average Bonchev–Trinajstić information content (AvgIpc) is 3.10. The van der Waals surface area contributed by atoms with E-state index in [2.05, 4.69) is 38.7 Å². The first-order valence-corrected chi connectivity index (χ1v) is 8.55. The number of aromatic amines is 1. The minimum Gasteiger partial charge on any atom is -0.351 e. The SMILES string of the molecule is Cc1cc(N(Cc2c[nH]cn2)C(C)C)nc(C=Cc2cccc(F)c2)n1. The fourth-order valence-corrected chi connectivity index (χ4v) is 2.66. The van der Waals surface area contributed by atoms with Crippen LogP contribution in [0.4, 0.5) is 10.2 Å². The number of hydrogen-bond acceptors (Lipinski definition) is 4. The molecule has 5 nitrogen and oxygen atoms in total. The topological polar surface area (TPSA) is 57.7 Å². The van der Waals surface area contributed by atoms with E-state index in [4.69, 9.17) is 0 Å². The maximum Gasteiger partial charge on any atom is 0.154 e. The minimum absolute atomic E-state index is 0.251. The molecule has 0 bridgehead atoms. The number of halogens is 1. The third-order valence-electron chi connectivity index (χ3n) is 3.94. The maximum atomic E-state index is 13.3. The first-order valence-electron chi connectivity index (χ1n) is 8.55. The normalized spacial score (nSPS) is 11.4. The summed E-state index contributed by atoms with van der Waals surface area (Å²) in [5.74, 6) is 1.18. The highest BCUT2D eigenvalue weighted by Gasteiger charge is 2.15. The Morgan fingerprint density at radius 1 is 1.19 bits per heavy atom. The Balaban J connectivity index is 1.88. The Bertz CT molecular complexity index is 887. The van der Waals surface area contributed by atoms with E-state index in [0.717, 1.165) is 22.8 Å². The van der Waals surface area contributed by atoms with Crippen LogP contribution in [-0.2, 0) is 6.54 Å². The van der Waals surface area contributed by atoms with E-state index >= 15 is 0 Å². The first kappa shape index (κ1) is 17.8. The number of H-pyrrole nitrogens is 1. The molecule has 134 valence electrons. The van der Waals surface area contributed by atoms with Gasteiger partial charge in [-0.2, -0.15) is 0 Å².